The van der Waals surface area contributed by atoms with Gasteiger partial charge in [-0.3, -0.25) is 9.36 Å². The number of para-hydroxylation sites is 2. The van der Waals surface area contributed by atoms with Crippen molar-refractivity contribution in [3.8, 4) is 0 Å². The quantitative estimate of drug-likeness (QED) is 0.657. The lowest BCUT2D eigenvalue weighted by Gasteiger charge is -2.05. The summed E-state index contributed by atoms with van der Waals surface area (Å²) in [4.78, 5) is 23.6. The van der Waals surface area contributed by atoms with E-state index in [0.717, 1.165) is 5.56 Å². The number of fused-ring (bicyclic) bond motifs is 1. The van der Waals surface area contributed by atoms with Gasteiger partial charge in [-0.05, 0) is 17.7 Å². The Labute approximate surface area is 133 Å². The molecule has 0 aliphatic rings. The van der Waals surface area contributed by atoms with Gasteiger partial charge in [-0.25, -0.2) is 4.79 Å². The highest BCUT2D eigenvalue weighted by atomic mass is 16.5. The van der Waals surface area contributed by atoms with E-state index in [1.54, 1.807) is 18.2 Å². The number of rotatable bonds is 6. The van der Waals surface area contributed by atoms with Gasteiger partial charge in [0.05, 0.1) is 18.5 Å². The van der Waals surface area contributed by atoms with Crippen molar-refractivity contribution in [2.75, 3.05) is 6.61 Å². The van der Waals surface area contributed by atoms with Crippen molar-refractivity contribution in [3.05, 3.63) is 70.7 Å². The second-order valence-corrected chi connectivity index (χ2v) is 5.19. The maximum atomic E-state index is 11.8. The molecule has 5 nitrogen and oxygen atoms in total. The fraction of sp³-hybridized carbons (Fsp3) is 0.222. The van der Waals surface area contributed by atoms with E-state index < -0.39 is 5.76 Å². The van der Waals surface area contributed by atoms with Gasteiger partial charge in [0, 0.05) is 13.0 Å². The van der Waals surface area contributed by atoms with Crippen LogP contribution in [-0.2, 0) is 22.5 Å². The van der Waals surface area contributed by atoms with Crippen molar-refractivity contribution in [3.63, 3.8) is 0 Å². The molecule has 5 heteroatoms. The maximum absolute atomic E-state index is 11.8. The minimum Gasteiger partial charge on any atom is -0.465 e. The molecule has 0 fully saturated rings. The zero-order valence-corrected chi connectivity index (χ0v) is 12.6. The van der Waals surface area contributed by atoms with Crippen LogP contribution in [0, 0.1) is 0 Å². The molecule has 0 saturated heterocycles. The largest absolute Gasteiger partial charge is 0.465 e. The van der Waals surface area contributed by atoms with Crippen LogP contribution in [-0.4, -0.2) is 17.1 Å². The summed E-state index contributed by atoms with van der Waals surface area (Å²) in [5.74, 6) is -0.776. The second kappa shape index (κ2) is 6.96. The van der Waals surface area contributed by atoms with Crippen LogP contribution in [0.5, 0.6) is 0 Å². The third-order valence-electron chi connectivity index (χ3n) is 3.61. The Morgan fingerprint density at radius 3 is 2.61 bits per heavy atom. The molecule has 118 valence electrons. The number of esters is 1. The molecule has 0 N–H and O–H groups in total. The molecule has 0 spiro atoms. The summed E-state index contributed by atoms with van der Waals surface area (Å²) in [6.45, 7) is 0.587. The van der Waals surface area contributed by atoms with E-state index in [1.807, 2.05) is 36.4 Å². The minimum atomic E-state index is -0.455. The van der Waals surface area contributed by atoms with Crippen molar-refractivity contribution in [2.45, 2.75) is 19.4 Å². The van der Waals surface area contributed by atoms with Gasteiger partial charge in [-0.1, -0.05) is 42.5 Å². The first-order valence-corrected chi connectivity index (χ1v) is 7.52. The number of ether oxygens (including phenoxy) is 1. The monoisotopic (exact) mass is 311 g/mol. The first kappa shape index (κ1) is 15.1. The Kier molecular flexibility index (Phi) is 4.57. The summed E-state index contributed by atoms with van der Waals surface area (Å²) < 4.78 is 11.8. The van der Waals surface area contributed by atoms with Gasteiger partial charge in [0.25, 0.3) is 0 Å². The third-order valence-corrected chi connectivity index (χ3v) is 3.61. The highest BCUT2D eigenvalue weighted by Crippen LogP contribution is 2.12. The molecule has 0 radical (unpaired) electrons. The van der Waals surface area contributed by atoms with Crippen LogP contribution < -0.4 is 5.76 Å². The van der Waals surface area contributed by atoms with E-state index in [4.69, 9.17) is 9.15 Å². The molecule has 0 aliphatic heterocycles. The van der Waals surface area contributed by atoms with Crippen LogP contribution in [0.15, 0.2) is 63.8 Å². The van der Waals surface area contributed by atoms with Crippen molar-refractivity contribution >= 4 is 17.1 Å². The number of nitrogens with zero attached hydrogens (tertiary/aromatic N) is 1. The van der Waals surface area contributed by atoms with Crippen molar-refractivity contribution in [2.24, 2.45) is 0 Å². The number of hydrogen-bond acceptors (Lipinski definition) is 4. The van der Waals surface area contributed by atoms with Gasteiger partial charge in [0.15, 0.2) is 5.58 Å². The van der Waals surface area contributed by atoms with Gasteiger partial charge in [0.2, 0.25) is 0 Å². The lowest BCUT2D eigenvalue weighted by Crippen LogP contribution is -2.18. The molecule has 0 saturated carbocycles. The zero-order valence-electron chi connectivity index (χ0n) is 12.6. The van der Waals surface area contributed by atoms with Gasteiger partial charge in [0.1, 0.15) is 0 Å². The average molecular weight is 311 g/mol. The minimum absolute atomic E-state index is 0.137. The molecular weight excluding hydrogens is 294 g/mol. The molecule has 0 atom stereocenters. The molecular formula is C18H17NO4. The fourth-order valence-electron chi connectivity index (χ4n) is 2.43. The molecule has 23 heavy (non-hydrogen) atoms. The van der Waals surface area contributed by atoms with Gasteiger partial charge >= 0.3 is 11.7 Å². The SMILES string of the molecule is O=C(CCn1c(=O)oc2ccccc21)OCCc1ccccc1. The predicted molar refractivity (Wildman–Crippen MR) is 86.2 cm³/mol. The van der Waals surface area contributed by atoms with E-state index in [-0.39, 0.29) is 18.9 Å². The second-order valence-electron chi connectivity index (χ2n) is 5.19. The molecule has 2 aromatic carbocycles. The summed E-state index contributed by atoms with van der Waals surface area (Å²) in [7, 11) is 0. The van der Waals surface area contributed by atoms with Gasteiger partial charge < -0.3 is 9.15 Å². The Morgan fingerprint density at radius 2 is 1.78 bits per heavy atom. The Hall–Kier alpha value is -2.82. The van der Waals surface area contributed by atoms with Crippen LogP contribution in [0.4, 0.5) is 0 Å². The first-order valence-electron chi connectivity index (χ1n) is 7.52. The predicted octanol–water partition coefficient (Wildman–Crippen LogP) is 2.77. The van der Waals surface area contributed by atoms with Gasteiger partial charge in [-0.2, -0.15) is 0 Å². The van der Waals surface area contributed by atoms with E-state index in [2.05, 4.69) is 0 Å². The van der Waals surface area contributed by atoms with Crippen LogP contribution in [0.25, 0.3) is 11.1 Å². The van der Waals surface area contributed by atoms with E-state index in [0.29, 0.717) is 24.1 Å². The number of aryl methyl sites for hydroxylation is 1. The van der Waals surface area contributed by atoms with Crippen LogP contribution in [0.1, 0.15) is 12.0 Å². The van der Waals surface area contributed by atoms with Gasteiger partial charge in [-0.15, -0.1) is 0 Å². The summed E-state index contributed by atoms with van der Waals surface area (Å²) >= 11 is 0. The summed E-state index contributed by atoms with van der Waals surface area (Å²) in [6.07, 6.45) is 0.819. The van der Waals surface area contributed by atoms with Crippen LogP contribution in [0.3, 0.4) is 0 Å². The Morgan fingerprint density at radius 1 is 1.04 bits per heavy atom. The van der Waals surface area contributed by atoms with Crippen LogP contribution in [0.2, 0.25) is 0 Å². The summed E-state index contributed by atoms with van der Waals surface area (Å²) in [5.41, 5.74) is 2.34. The average Bonchev–Trinajstić information content (AvgIpc) is 2.89. The number of aromatic nitrogens is 1. The number of benzene rings is 2. The Bertz CT molecular complexity index is 848. The maximum Gasteiger partial charge on any atom is 0.419 e. The third kappa shape index (κ3) is 3.69. The summed E-state index contributed by atoms with van der Waals surface area (Å²) in [5, 5.41) is 0. The number of carbonyl (C=O) groups is 1. The molecule has 0 unspecified atom stereocenters. The van der Waals surface area contributed by atoms with E-state index in [9.17, 15) is 9.59 Å². The number of carbonyl (C=O) groups excluding carboxylic acids is 1. The highest BCUT2D eigenvalue weighted by molar-refractivity contribution is 5.73. The number of hydrogen-bond donors (Lipinski definition) is 0. The lowest BCUT2D eigenvalue weighted by molar-refractivity contribution is -0.143. The first-order chi connectivity index (χ1) is 11.2. The number of oxazole rings is 1. The van der Waals surface area contributed by atoms with Crippen molar-refractivity contribution < 1.29 is 13.9 Å². The molecule has 0 aliphatic carbocycles. The topological polar surface area (TPSA) is 61.4 Å². The Balaban J connectivity index is 1.52. The summed E-state index contributed by atoms with van der Waals surface area (Å²) in [6, 6.07) is 17.0. The molecule has 0 bridgehead atoms. The molecule has 1 aromatic heterocycles. The van der Waals surface area contributed by atoms with E-state index in [1.165, 1.54) is 4.57 Å². The molecule has 1 heterocycles. The lowest BCUT2D eigenvalue weighted by atomic mass is 10.2. The molecule has 0 amide bonds. The molecule has 3 aromatic rings. The van der Waals surface area contributed by atoms with Crippen molar-refractivity contribution in [1.82, 2.24) is 4.57 Å². The normalized spacial score (nSPS) is 10.8. The standard InChI is InChI=1S/C18H17NO4/c20-17(22-13-11-14-6-2-1-3-7-14)10-12-19-15-8-4-5-9-16(15)23-18(19)21/h1-9H,10-13H2. The molecule has 3 rings (SSSR count). The smallest absolute Gasteiger partial charge is 0.419 e. The van der Waals surface area contributed by atoms with Crippen LogP contribution >= 0.6 is 0 Å². The fourth-order valence-corrected chi connectivity index (χ4v) is 2.43. The van der Waals surface area contributed by atoms with Crippen molar-refractivity contribution in [1.29, 1.82) is 0 Å². The highest BCUT2D eigenvalue weighted by Gasteiger charge is 2.10. The zero-order chi connectivity index (χ0) is 16.1. The van der Waals surface area contributed by atoms with E-state index >= 15 is 0 Å².